The highest BCUT2D eigenvalue weighted by Crippen LogP contribution is 2.46. The predicted octanol–water partition coefficient (Wildman–Crippen LogP) is 26.3. The summed E-state index contributed by atoms with van der Waals surface area (Å²) in [7, 11) is 0. The molecule has 0 unspecified atom stereocenters. The Morgan fingerprint density at radius 2 is 0.698 bits per heavy atom. The summed E-state index contributed by atoms with van der Waals surface area (Å²) in [5.74, 6) is -0.0565. The van der Waals surface area contributed by atoms with Crippen molar-refractivity contribution in [3.8, 4) is 45.4 Å². The van der Waals surface area contributed by atoms with E-state index in [2.05, 4.69) is 92.6 Å². The first-order valence-electron chi connectivity index (χ1n) is 45.3. The zero-order chi connectivity index (χ0) is 88.4. The van der Waals surface area contributed by atoms with E-state index in [1.807, 2.05) is 140 Å². The van der Waals surface area contributed by atoms with E-state index in [0.29, 0.717) is 16.6 Å². The maximum Gasteiger partial charge on any atom is 0.235 e. The second kappa shape index (κ2) is 22.6. The van der Waals surface area contributed by atoms with Crippen LogP contribution in [0.3, 0.4) is 0 Å². The van der Waals surface area contributed by atoms with Crippen molar-refractivity contribution in [3.05, 3.63) is 351 Å². The zero-order valence-electron chi connectivity index (χ0n) is 77.3. The van der Waals surface area contributed by atoms with Crippen LogP contribution in [0.2, 0.25) is 0 Å². The molecule has 8 heteroatoms. The van der Waals surface area contributed by atoms with Gasteiger partial charge in [0.2, 0.25) is 5.95 Å². The summed E-state index contributed by atoms with van der Waals surface area (Å²) in [6.45, 7) is 0. The Morgan fingerprint density at radius 1 is 0.255 bits per heavy atom. The minimum absolute atomic E-state index is 0.0111. The molecular formula is C98H58N6O2. The molecule has 0 aliphatic heterocycles. The van der Waals surface area contributed by atoms with Gasteiger partial charge in [0.25, 0.3) is 0 Å². The Labute approximate surface area is 635 Å². The summed E-state index contributed by atoms with van der Waals surface area (Å²) >= 11 is 0. The monoisotopic (exact) mass is 1370 g/mol. The van der Waals surface area contributed by atoms with Crippen LogP contribution in [0, 0.1) is 0 Å². The van der Waals surface area contributed by atoms with Crippen LogP contribution < -0.4 is 0 Å². The quantitative estimate of drug-likeness (QED) is 0.166. The lowest BCUT2D eigenvalue weighted by Crippen LogP contribution is -2.03. The van der Waals surface area contributed by atoms with Crippen LogP contribution >= 0.6 is 0 Å². The standard InChI is InChI=1S/C50H30N2O.C48H28N4O/c1-2-15-35(16-3-1)51-45-20-10-8-18-38(45)41-29-42-39-19-9-11-21-46(39)52(48(42)30-47(41)51)36-24-33-14-6-7-17-37(33)40(28-36)34-22-23-49-43(26-34)44-25-31-12-4-5-13-32(31)27-50(44)53-49;1-2-14-32(15-3-1)51-39-20-10-7-17-34(39)45-41(51)23-24-42-46(45)35-18-8-11-21-40(35)52(42)48-49-38-19-9-6-16-33(38)47(50-48)31-22-25-43-36(27-31)37-26-29-12-4-5-13-30(29)28-44(37)53-43/h1-30H;1-28H/i4D,5D,12D,13D,22D,23D,25D,26D,27D;4D,5D,6D,9D,12D,13D,16D,19D,22D,25D,26D,27D,28D. The van der Waals surface area contributed by atoms with Gasteiger partial charge in [-0.05, 0) is 189 Å². The first-order chi connectivity index (χ1) is 61.8. The number of hydrogen-bond acceptors (Lipinski definition) is 4. The van der Waals surface area contributed by atoms with E-state index in [0.717, 1.165) is 104 Å². The summed E-state index contributed by atoms with van der Waals surface area (Å²) in [6.07, 6.45) is 0. The topological polar surface area (TPSA) is 71.8 Å². The normalized spacial score (nSPS) is 15.1. The van der Waals surface area contributed by atoms with E-state index in [9.17, 15) is 11.0 Å². The lowest BCUT2D eigenvalue weighted by molar-refractivity contribution is 0.669. The van der Waals surface area contributed by atoms with Crippen LogP contribution in [0.1, 0.15) is 30.2 Å². The van der Waals surface area contributed by atoms with Crippen molar-refractivity contribution in [1.29, 1.82) is 0 Å². The average Bonchev–Trinajstić information content (AvgIpc) is 1.53. The molecule has 492 valence electrons. The molecule has 0 spiro atoms. The number of fused-ring (bicyclic) bond motifs is 23. The number of rotatable bonds is 6. The van der Waals surface area contributed by atoms with Crippen LogP contribution in [0.25, 0.3) is 220 Å². The molecule has 0 saturated heterocycles. The molecule has 17 aromatic carbocycles. The van der Waals surface area contributed by atoms with E-state index in [1.165, 1.54) is 0 Å². The molecule has 24 rings (SSSR count). The minimum atomic E-state index is -0.629. The van der Waals surface area contributed by atoms with Gasteiger partial charge in [0.15, 0.2) is 0 Å². The molecule has 106 heavy (non-hydrogen) atoms. The van der Waals surface area contributed by atoms with Gasteiger partial charge < -0.3 is 22.5 Å². The maximum atomic E-state index is 9.82. The summed E-state index contributed by atoms with van der Waals surface area (Å²) < 4.78 is 218. The Morgan fingerprint density at radius 3 is 1.29 bits per heavy atom. The Kier molecular flexibility index (Phi) is 8.72. The summed E-state index contributed by atoms with van der Waals surface area (Å²) in [4.78, 5) is 9.87. The zero-order valence-corrected chi connectivity index (χ0v) is 55.3. The molecule has 0 aliphatic carbocycles. The Bertz CT molecular complexity index is 9260. The van der Waals surface area contributed by atoms with Crippen LogP contribution in [0.15, 0.2) is 360 Å². The fourth-order valence-corrected chi connectivity index (χ4v) is 15.9. The second-order valence-electron chi connectivity index (χ2n) is 26.2. The second-order valence-corrected chi connectivity index (χ2v) is 26.2. The number of hydrogen-bond donors (Lipinski definition) is 0. The van der Waals surface area contributed by atoms with Gasteiger partial charge in [-0.1, -0.05) is 206 Å². The number of nitrogens with zero attached hydrogens (tertiary/aromatic N) is 6. The van der Waals surface area contributed by atoms with E-state index in [1.54, 1.807) is 4.57 Å². The van der Waals surface area contributed by atoms with Crippen molar-refractivity contribution in [2.45, 2.75) is 0 Å². The first-order valence-corrected chi connectivity index (χ1v) is 34.3. The first kappa shape index (κ1) is 40.9. The van der Waals surface area contributed by atoms with Crippen molar-refractivity contribution >= 4 is 174 Å². The summed E-state index contributed by atoms with van der Waals surface area (Å²) in [5, 5.41) is 8.02. The third kappa shape index (κ3) is 8.70. The van der Waals surface area contributed by atoms with Crippen molar-refractivity contribution in [2.75, 3.05) is 0 Å². The van der Waals surface area contributed by atoms with E-state index >= 15 is 0 Å². The molecule has 7 aromatic heterocycles. The van der Waals surface area contributed by atoms with Crippen LogP contribution in [0.4, 0.5) is 0 Å². The third-order valence-corrected chi connectivity index (χ3v) is 20.4. The number of aromatic nitrogens is 6. The lowest BCUT2D eigenvalue weighted by atomic mass is 9.95. The van der Waals surface area contributed by atoms with Crippen molar-refractivity contribution in [2.24, 2.45) is 0 Å². The van der Waals surface area contributed by atoms with Crippen molar-refractivity contribution < 1.29 is 39.0 Å². The van der Waals surface area contributed by atoms with Gasteiger partial charge in [-0.2, -0.15) is 0 Å². The largest absolute Gasteiger partial charge is 0.456 e. The van der Waals surface area contributed by atoms with Gasteiger partial charge in [0.05, 0.1) is 85.5 Å². The molecule has 0 N–H and O–H groups in total. The van der Waals surface area contributed by atoms with Gasteiger partial charge in [0.1, 0.15) is 22.3 Å². The molecule has 0 bridgehead atoms. The van der Waals surface area contributed by atoms with Gasteiger partial charge >= 0.3 is 0 Å². The smallest absolute Gasteiger partial charge is 0.235 e. The average molecular weight is 1370 g/mol. The van der Waals surface area contributed by atoms with Crippen LogP contribution in [0.5, 0.6) is 0 Å². The highest BCUT2D eigenvalue weighted by molar-refractivity contribution is 6.29. The van der Waals surface area contributed by atoms with E-state index < -0.39 is 103 Å². The van der Waals surface area contributed by atoms with Gasteiger partial charge in [-0.25, -0.2) is 9.97 Å². The number of furan rings is 2. The molecule has 0 aliphatic rings. The molecule has 0 amide bonds. The van der Waals surface area contributed by atoms with Crippen molar-refractivity contribution in [1.82, 2.24) is 28.2 Å². The molecular weight excluding hydrogens is 1290 g/mol. The SMILES string of the molecule is [2H]c1c(-c2cc(-n3c4ccccc4c4cc5c6ccccc6n(-c6ccccc6)c5cc43)cc3ccccc23)c([2H])c2c(oc3c([2H])c4c([2H])c([2H])c([2H])c([2H])c4c([2H])c32)c1[2H].[2H]c1c([2H])c([2H])c2c(-c3c([2H])c([2H])c4oc5c([2H])c6c([2H])c([2H])c([2H])c([2H])c6c([2H])c5c4c3[2H])nc(-n3c4ccccc4c4c5c6ccccc6n(-c6ccccc6)c5ccc43)nc2c1[2H]. The van der Waals surface area contributed by atoms with Crippen LogP contribution in [-0.4, -0.2) is 28.2 Å². The van der Waals surface area contributed by atoms with Gasteiger partial charge in [-0.3, -0.25) is 4.57 Å². The summed E-state index contributed by atoms with van der Waals surface area (Å²) in [5.41, 5.74) is 8.82. The van der Waals surface area contributed by atoms with Gasteiger partial charge in [0, 0.05) is 92.6 Å². The third-order valence-electron chi connectivity index (χ3n) is 20.4. The van der Waals surface area contributed by atoms with Crippen LogP contribution in [-0.2, 0) is 0 Å². The molecule has 24 aromatic rings. The van der Waals surface area contributed by atoms with Crippen molar-refractivity contribution in [3.63, 3.8) is 0 Å². The molecule has 0 radical (unpaired) electrons. The highest BCUT2D eigenvalue weighted by Gasteiger charge is 2.25. The Hall–Kier alpha value is -14.3. The fourth-order valence-electron chi connectivity index (χ4n) is 15.9. The minimum Gasteiger partial charge on any atom is -0.456 e. The Balaban J connectivity index is 0.000000147. The molecule has 0 atom stereocenters. The number of para-hydroxylation sites is 7. The lowest BCUT2D eigenvalue weighted by Gasteiger charge is -2.14. The molecule has 0 fully saturated rings. The molecule has 7 heterocycles. The van der Waals surface area contributed by atoms with Gasteiger partial charge in [-0.15, -0.1) is 0 Å². The number of benzene rings is 17. The predicted molar refractivity (Wildman–Crippen MR) is 441 cm³/mol. The molecule has 0 saturated carbocycles. The fraction of sp³-hybridized carbons (Fsp3) is 0. The maximum absolute atomic E-state index is 9.82. The van der Waals surface area contributed by atoms with E-state index in [4.69, 9.17) is 38.0 Å². The van der Waals surface area contributed by atoms with E-state index in [-0.39, 0.29) is 129 Å². The highest BCUT2D eigenvalue weighted by atomic mass is 16.3. The molecule has 8 nitrogen and oxygen atoms in total. The summed E-state index contributed by atoms with van der Waals surface area (Å²) in [6, 6.07) is 62.0.